The number of carbonyl (C=O) groups is 3. The molecule has 2 aromatic carbocycles. The zero-order valence-corrected chi connectivity index (χ0v) is 13.0. The normalized spacial score (nSPS) is 10.0. The number of halogens is 1. The second-order valence-corrected chi connectivity index (χ2v) is 5.17. The Bertz CT molecular complexity index is 773. The zero-order valence-electron chi connectivity index (χ0n) is 12.2. The van der Waals surface area contributed by atoms with Crippen molar-refractivity contribution in [2.45, 2.75) is 6.92 Å². The fraction of sp³-hybridized carbons (Fsp3) is 0.0625. The van der Waals surface area contributed by atoms with Crippen LogP contribution >= 0.6 is 11.6 Å². The van der Waals surface area contributed by atoms with E-state index in [-0.39, 0.29) is 0 Å². The first-order chi connectivity index (χ1) is 10.9. The van der Waals surface area contributed by atoms with Gasteiger partial charge in [0, 0.05) is 22.0 Å². The van der Waals surface area contributed by atoms with E-state index in [0.717, 1.165) is 0 Å². The monoisotopic (exact) mass is 331 g/mol. The number of anilines is 2. The third kappa shape index (κ3) is 4.08. The lowest BCUT2D eigenvalue weighted by Crippen LogP contribution is -2.29. The molecule has 23 heavy (non-hydrogen) atoms. The molecular weight excluding hydrogens is 318 g/mol. The van der Waals surface area contributed by atoms with Crippen LogP contribution in [0.3, 0.4) is 0 Å². The number of hydrogen-bond acceptors (Lipinski definition) is 3. The molecule has 0 radical (unpaired) electrons. The summed E-state index contributed by atoms with van der Waals surface area (Å²) < 4.78 is 0. The molecule has 6 nitrogen and oxygen atoms in total. The van der Waals surface area contributed by atoms with Gasteiger partial charge in [-0.15, -0.1) is 0 Å². The van der Waals surface area contributed by atoms with Crippen LogP contribution in [0.1, 0.15) is 15.9 Å². The first kappa shape index (κ1) is 16.5. The smallest absolute Gasteiger partial charge is 0.314 e. The highest BCUT2D eigenvalue weighted by Crippen LogP contribution is 2.22. The fourth-order valence-electron chi connectivity index (χ4n) is 1.83. The Morgan fingerprint density at radius 1 is 0.957 bits per heavy atom. The standard InChI is InChI=1S/C16H14ClN3O3/c1-9-12(17)3-2-4-13(9)20-16(23)15(22)19-11-7-5-10(6-8-11)14(18)21/h2-8H,1H3,(H2,18,21)(H,19,22)(H,20,23). The molecule has 0 aliphatic carbocycles. The van der Waals surface area contributed by atoms with Gasteiger partial charge in [-0.05, 0) is 48.9 Å². The van der Waals surface area contributed by atoms with Crippen molar-refractivity contribution in [2.24, 2.45) is 5.73 Å². The summed E-state index contributed by atoms with van der Waals surface area (Å²) in [5, 5.41) is 5.41. The second-order valence-electron chi connectivity index (χ2n) is 4.76. The largest absolute Gasteiger partial charge is 0.366 e. The van der Waals surface area contributed by atoms with Gasteiger partial charge in [-0.25, -0.2) is 0 Å². The van der Waals surface area contributed by atoms with E-state index in [2.05, 4.69) is 10.6 Å². The van der Waals surface area contributed by atoms with Crippen LogP contribution < -0.4 is 16.4 Å². The molecule has 0 aliphatic heterocycles. The van der Waals surface area contributed by atoms with Crippen LogP contribution in [0.4, 0.5) is 11.4 Å². The number of hydrogen-bond donors (Lipinski definition) is 3. The molecule has 0 spiro atoms. The molecule has 0 fully saturated rings. The van der Waals surface area contributed by atoms with Gasteiger partial charge in [0.05, 0.1) is 0 Å². The lowest BCUT2D eigenvalue weighted by atomic mass is 10.2. The Morgan fingerprint density at radius 3 is 2.17 bits per heavy atom. The number of nitrogens with two attached hydrogens (primary N) is 1. The first-order valence-corrected chi connectivity index (χ1v) is 7.03. The van der Waals surface area contributed by atoms with E-state index in [1.807, 2.05) is 0 Å². The summed E-state index contributed by atoms with van der Waals surface area (Å²) in [7, 11) is 0. The molecule has 0 unspecified atom stereocenters. The summed E-state index contributed by atoms with van der Waals surface area (Å²) in [6.45, 7) is 1.73. The van der Waals surface area contributed by atoms with Crippen molar-refractivity contribution in [2.75, 3.05) is 10.6 Å². The first-order valence-electron chi connectivity index (χ1n) is 6.66. The van der Waals surface area contributed by atoms with Crippen LogP contribution in [-0.2, 0) is 9.59 Å². The minimum Gasteiger partial charge on any atom is -0.366 e. The van der Waals surface area contributed by atoms with Gasteiger partial charge in [0.1, 0.15) is 0 Å². The van der Waals surface area contributed by atoms with Gasteiger partial charge in [0.15, 0.2) is 0 Å². The maximum Gasteiger partial charge on any atom is 0.314 e. The second kappa shape index (κ2) is 6.93. The fourth-order valence-corrected chi connectivity index (χ4v) is 2.00. The molecule has 0 heterocycles. The Balaban J connectivity index is 2.04. The van der Waals surface area contributed by atoms with E-state index in [4.69, 9.17) is 17.3 Å². The summed E-state index contributed by atoms with van der Waals surface area (Å²) >= 11 is 5.96. The lowest BCUT2D eigenvalue weighted by molar-refractivity contribution is -0.133. The number of carbonyl (C=O) groups excluding carboxylic acids is 3. The Kier molecular flexibility index (Phi) is 4.98. The molecular formula is C16H14ClN3O3. The number of amides is 3. The maximum absolute atomic E-state index is 11.9. The molecule has 7 heteroatoms. The summed E-state index contributed by atoms with van der Waals surface area (Å²) in [6, 6.07) is 10.9. The highest BCUT2D eigenvalue weighted by atomic mass is 35.5. The summed E-state index contributed by atoms with van der Waals surface area (Å²) in [5.41, 5.74) is 6.93. The molecule has 0 atom stereocenters. The molecule has 118 valence electrons. The van der Waals surface area contributed by atoms with Gasteiger partial charge in [0.2, 0.25) is 5.91 Å². The summed E-state index contributed by atoms with van der Waals surface area (Å²) in [6.07, 6.45) is 0. The Morgan fingerprint density at radius 2 is 1.57 bits per heavy atom. The van der Waals surface area contributed by atoms with Crippen LogP contribution in [0.25, 0.3) is 0 Å². The van der Waals surface area contributed by atoms with Crippen LogP contribution in [0.2, 0.25) is 5.02 Å². The van der Waals surface area contributed by atoms with Crippen molar-refractivity contribution >= 4 is 40.7 Å². The van der Waals surface area contributed by atoms with Crippen molar-refractivity contribution < 1.29 is 14.4 Å². The molecule has 0 bridgehead atoms. The minimum atomic E-state index is -0.837. The number of primary amides is 1. The average molecular weight is 332 g/mol. The van der Waals surface area contributed by atoms with Gasteiger partial charge in [0.25, 0.3) is 0 Å². The van der Waals surface area contributed by atoms with Gasteiger partial charge in [-0.2, -0.15) is 0 Å². The van der Waals surface area contributed by atoms with Gasteiger partial charge in [-0.3, -0.25) is 14.4 Å². The highest BCUT2D eigenvalue weighted by molar-refractivity contribution is 6.44. The third-order valence-corrected chi connectivity index (χ3v) is 3.56. The SMILES string of the molecule is Cc1c(Cl)cccc1NC(=O)C(=O)Nc1ccc(C(N)=O)cc1. The maximum atomic E-state index is 11.9. The molecule has 0 saturated carbocycles. The number of nitrogens with one attached hydrogen (secondary N) is 2. The van der Waals surface area contributed by atoms with E-state index in [1.165, 1.54) is 24.3 Å². The molecule has 4 N–H and O–H groups in total. The van der Waals surface area contributed by atoms with Gasteiger partial charge >= 0.3 is 11.8 Å². The van der Waals surface area contributed by atoms with E-state index >= 15 is 0 Å². The predicted molar refractivity (Wildman–Crippen MR) is 88.4 cm³/mol. The van der Waals surface area contributed by atoms with Crippen molar-refractivity contribution in [1.29, 1.82) is 0 Å². The van der Waals surface area contributed by atoms with E-state index in [1.54, 1.807) is 25.1 Å². The minimum absolute atomic E-state index is 0.307. The van der Waals surface area contributed by atoms with Gasteiger partial charge in [-0.1, -0.05) is 17.7 Å². The Hall–Kier alpha value is -2.86. The summed E-state index contributed by atoms with van der Waals surface area (Å²) in [4.78, 5) is 34.8. The lowest BCUT2D eigenvalue weighted by Gasteiger charge is -2.10. The van der Waals surface area contributed by atoms with Crippen LogP contribution in [0.15, 0.2) is 42.5 Å². The van der Waals surface area contributed by atoms with Crippen molar-refractivity contribution in [3.8, 4) is 0 Å². The van der Waals surface area contributed by atoms with Crippen LogP contribution in [0.5, 0.6) is 0 Å². The average Bonchev–Trinajstić information content (AvgIpc) is 2.52. The van der Waals surface area contributed by atoms with Gasteiger partial charge < -0.3 is 16.4 Å². The number of rotatable bonds is 3. The molecule has 0 aliphatic rings. The third-order valence-electron chi connectivity index (χ3n) is 3.15. The zero-order chi connectivity index (χ0) is 17.0. The number of benzene rings is 2. The molecule has 2 aromatic rings. The Labute approximate surface area is 137 Å². The molecule has 0 saturated heterocycles. The van der Waals surface area contributed by atoms with Crippen molar-refractivity contribution in [3.63, 3.8) is 0 Å². The molecule has 3 amide bonds. The highest BCUT2D eigenvalue weighted by Gasteiger charge is 2.15. The topological polar surface area (TPSA) is 101 Å². The van der Waals surface area contributed by atoms with Crippen molar-refractivity contribution in [1.82, 2.24) is 0 Å². The van der Waals surface area contributed by atoms with E-state index in [9.17, 15) is 14.4 Å². The molecule has 0 aromatic heterocycles. The van der Waals surface area contributed by atoms with E-state index < -0.39 is 17.7 Å². The van der Waals surface area contributed by atoms with Crippen LogP contribution in [-0.4, -0.2) is 17.7 Å². The molecule has 2 rings (SSSR count). The van der Waals surface area contributed by atoms with Crippen LogP contribution in [0, 0.1) is 6.92 Å². The summed E-state index contributed by atoms with van der Waals surface area (Å²) in [5.74, 6) is -2.23. The quantitative estimate of drug-likeness (QED) is 0.752. The van der Waals surface area contributed by atoms with Crippen molar-refractivity contribution in [3.05, 3.63) is 58.6 Å². The predicted octanol–water partition coefficient (Wildman–Crippen LogP) is 2.32. The van der Waals surface area contributed by atoms with E-state index in [0.29, 0.717) is 27.5 Å².